The number of rotatable bonds is 1. The Morgan fingerprint density at radius 2 is 1.80 bits per heavy atom. The van der Waals surface area contributed by atoms with Crippen molar-refractivity contribution in [3.05, 3.63) is 48.2 Å². The summed E-state index contributed by atoms with van der Waals surface area (Å²) in [6, 6.07) is 8.30. The van der Waals surface area contributed by atoms with Crippen LogP contribution in [0, 0.1) is 0 Å². The van der Waals surface area contributed by atoms with Gasteiger partial charge >= 0.3 is 6.18 Å². The topological polar surface area (TPSA) is 13.1 Å². The molecule has 0 bridgehead atoms. The number of furan rings is 1. The summed E-state index contributed by atoms with van der Waals surface area (Å²) >= 11 is 0. The fraction of sp³-hybridized carbons (Fsp3) is 0.0909. The number of halogens is 3. The van der Waals surface area contributed by atoms with Gasteiger partial charge in [-0.1, -0.05) is 12.1 Å². The third-order valence-electron chi connectivity index (χ3n) is 2.00. The van der Waals surface area contributed by atoms with Gasteiger partial charge in [-0.2, -0.15) is 13.2 Å². The molecule has 0 aliphatic rings. The van der Waals surface area contributed by atoms with E-state index in [0.29, 0.717) is 11.3 Å². The van der Waals surface area contributed by atoms with Crippen LogP contribution >= 0.6 is 0 Å². The van der Waals surface area contributed by atoms with Gasteiger partial charge in [-0.15, -0.1) is 0 Å². The molecule has 1 heterocycles. The van der Waals surface area contributed by atoms with Crippen molar-refractivity contribution >= 4 is 0 Å². The van der Waals surface area contributed by atoms with Gasteiger partial charge in [-0.3, -0.25) is 0 Å². The van der Waals surface area contributed by atoms with Crippen LogP contribution in [0.25, 0.3) is 11.3 Å². The zero-order valence-corrected chi connectivity index (χ0v) is 7.58. The fourth-order valence-electron chi connectivity index (χ4n) is 1.29. The molecule has 0 saturated carbocycles. The van der Waals surface area contributed by atoms with Crippen molar-refractivity contribution in [1.29, 1.82) is 0 Å². The maximum absolute atomic E-state index is 12.4. The van der Waals surface area contributed by atoms with Crippen molar-refractivity contribution in [2.75, 3.05) is 0 Å². The van der Waals surface area contributed by atoms with Crippen LogP contribution in [-0.2, 0) is 6.18 Å². The Morgan fingerprint density at radius 3 is 2.40 bits per heavy atom. The third-order valence-corrected chi connectivity index (χ3v) is 2.00. The summed E-state index contributed by atoms with van der Waals surface area (Å²) in [6.07, 6.45) is -2.89. The molecule has 2 rings (SSSR count). The molecular weight excluding hydrogens is 205 g/mol. The van der Waals surface area contributed by atoms with Gasteiger partial charge in [0, 0.05) is 5.56 Å². The average molecular weight is 212 g/mol. The van der Waals surface area contributed by atoms with Gasteiger partial charge in [0.1, 0.15) is 5.76 Å². The molecule has 1 aromatic carbocycles. The Kier molecular flexibility index (Phi) is 2.26. The van der Waals surface area contributed by atoms with E-state index in [4.69, 9.17) is 4.42 Å². The van der Waals surface area contributed by atoms with Gasteiger partial charge < -0.3 is 4.42 Å². The zero-order chi connectivity index (χ0) is 10.9. The Bertz CT molecular complexity index is 443. The van der Waals surface area contributed by atoms with E-state index in [-0.39, 0.29) is 0 Å². The van der Waals surface area contributed by atoms with Crippen molar-refractivity contribution in [1.82, 2.24) is 0 Å². The summed E-state index contributed by atoms with van der Waals surface area (Å²) < 4.78 is 42.2. The summed E-state index contributed by atoms with van der Waals surface area (Å²) in [7, 11) is 0. The summed E-state index contributed by atoms with van der Waals surface area (Å²) in [5.74, 6) is 0.432. The van der Waals surface area contributed by atoms with Gasteiger partial charge in [0.15, 0.2) is 0 Å². The van der Waals surface area contributed by atoms with Crippen LogP contribution in [0.15, 0.2) is 47.1 Å². The molecule has 0 unspecified atom stereocenters. The lowest BCUT2D eigenvalue weighted by molar-refractivity contribution is -0.137. The molecule has 0 fully saturated rings. The van der Waals surface area contributed by atoms with E-state index < -0.39 is 11.7 Å². The normalized spacial score (nSPS) is 11.7. The Morgan fingerprint density at radius 1 is 1.00 bits per heavy atom. The number of alkyl halides is 3. The van der Waals surface area contributed by atoms with Gasteiger partial charge in [0.25, 0.3) is 0 Å². The molecule has 0 N–H and O–H groups in total. The average Bonchev–Trinajstić information content (AvgIpc) is 2.69. The molecule has 0 radical (unpaired) electrons. The lowest BCUT2D eigenvalue weighted by Gasteiger charge is -2.07. The predicted molar refractivity (Wildman–Crippen MR) is 49.1 cm³/mol. The molecular formula is C11H7F3O. The molecule has 0 saturated heterocycles. The predicted octanol–water partition coefficient (Wildman–Crippen LogP) is 3.97. The SMILES string of the molecule is FC(F)(F)c1cccc(-c2ccco2)c1. The first kappa shape index (κ1) is 9.83. The second-order valence-electron chi connectivity index (χ2n) is 3.06. The van der Waals surface area contributed by atoms with E-state index >= 15 is 0 Å². The highest BCUT2D eigenvalue weighted by molar-refractivity contribution is 5.58. The maximum atomic E-state index is 12.4. The Hall–Kier alpha value is -1.71. The molecule has 78 valence electrons. The van der Waals surface area contributed by atoms with Gasteiger partial charge in [-0.25, -0.2) is 0 Å². The molecule has 1 aromatic heterocycles. The van der Waals surface area contributed by atoms with Crippen molar-refractivity contribution < 1.29 is 17.6 Å². The van der Waals surface area contributed by atoms with Crippen LogP contribution in [0.4, 0.5) is 13.2 Å². The van der Waals surface area contributed by atoms with Gasteiger partial charge in [-0.05, 0) is 24.3 Å². The van der Waals surface area contributed by atoms with Crippen LogP contribution in [0.3, 0.4) is 0 Å². The van der Waals surface area contributed by atoms with E-state index in [2.05, 4.69) is 0 Å². The Balaban J connectivity index is 2.44. The third kappa shape index (κ3) is 2.03. The van der Waals surface area contributed by atoms with Gasteiger partial charge in [0.05, 0.1) is 11.8 Å². The number of benzene rings is 1. The van der Waals surface area contributed by atoms with Crippen LogP contribution in [-0.4, -0.2) is 0 Å². The van der Waals surface area contributed by atoms with E-state index in [1.165, 1.54) is 12.3 Å². The van der Waals surface area contributed by atoms with Crippen molar-refractivity contribution in [2.45, 2.75) is 6.18 Å². The number of hydrogen-bond acceptors (Lipinski definition) is 1. The van der Waals surface area contributed by atoms with Crippen molar-refractivity contribution in [3.63, 3.8) is 0 Å². The van der Waals surface area contributed by atoms with Crippen LogP contribution in [0.2, 0.25) is 0 Å². The second-order valence-corrected chi connectivity index (χ2v) is 3.06. The molecule has 4 heteroatoms. The standard InChI is InChI=1S/C11H7F3O/c12-11(13,14)9-4-1-3-8(7-9)10-5-2-6-15-10/h1-7H. The molecule has 1 nitrogen and oxygen atoms in total. The van der Waals surface area contributed by atoms with E-state index in [0.717, 1.165) is 12.1 Å². The summed E-state index contributed by atoms with van der Waals surface area (Å²) in [4.78, 5) is 0. The van der Waals surface area contributed by atoms with Gasteiger partial charge in [0.2, 0.25) is 0 Å². The highest BCUT2D eigenvalue weighted by atomic mass is 19.4. The molecule has 0 aliphatic heterocycles. The Labute approximate surface area is 84.1 Å². The monoisotopic (exact) mass is 212 g/mol. The molecule has 2 aromatic rings. The molecule has 15 heavy (non-hydrogen) atoms. The van der Waals surface area contributed by atoms with E-state index in [1.807, 2.05) is 0 Å². The minimum atomic E-state index is -4.32. The lowest BCUT2D eigenvalue weighted by Crippen LogP contribution is -2.04. The summed E-state index contributed by atoms with van der Waals surface area (Å²) in [5.41, 5.74) is -0.244. The van der Waals surface area contributed by atoms with E-state index in [1.54, 1.807) is 18.2 Å². The zero-order valence-electron chi connectivity index (χ0n) is 7.58. The van der Waals surface area contributed by atoms with Crippen LogP contribution < -0.4 is 0 Å². The smallest absolute Gasteiger partial charge is 0.416 e. The molecule has 0 aliphatic carbocycles. The fourth-order valence-corrected chi connectivity index (χ4v) is 1.29. The van der Waals surface area contributed by atoms with E-state index in [9.17, 15) is 13.2 Å². The van der Waals surface area contributed by atoms with Crippen LogP contribution in [0.5, 0.6) is 0 Å². The summed E-state index contributed by atoms with van der Waals surface area (Å²) in [5, 5.41) is 0. The lowest BCUT2D eigenvalue weighted by atomic mass is 10.1. The highest BCUT2D eigenvalue weighted by Gasteiger charge is 2.30. The number of hydrogen-bond donors (Lipinski definition) is 0. The molecule has 0 spiro atoms. The van der Waals surface area contributed by atoms with Crippen molar-refractivity contribution in [3.8, 4) is 11.3 Å². The first-order chi connectivity index (χ1) is 7.07. The summed E-state index contributed by atoms with van der Waals surface area (Å²) in [6.45, 7) is 0. The highest BCUT2D eigenvalue weighted by Crippen LogP contribution is 2.32. The minimum absolute atomic E-state index is 0.426. The van der Waals surface area contributed by atoms with Crippen LogP contribution in [0.1, 0.15) is 5.56 Å². The first-order valence-corrected chi connectivity index (χ1v) is 4.28. The molecule has 0 amide bonds. The second kappa shape index (κ2) is 3.46. The maximum Gasteiger partial charge on any atom is 0.416 e. The first-order valence-electron chi connectivity index (χ1n) is 4.28. The van der Waals surface area contributed by atoms with Crippen molar-refractivity contribution in [2.24, 2.45) is 0 Å². The molecule has 0 atom stereocenters. The quantitative estimate of drug-likeness (QED) is 0.697. The minimum Gasteiger partial charge on any atom is -0.464 e. The largest absolute Gasteiger partial charge is 0.464 e.